The van der Waals surface area contributed by atoms with Crippen molar-refractivity contribution in [1.82, 2.24) is 4.98 Å². The van der Waals surface area contributed by atoms with Gasteiger partial charge in [-0.2, -0.15) is 0 Å². The summed E-state index contributed by atoms with van der Waals surface area (Å²) in [7, 11) is 0. The maximum Gasteiger partial charge on any atom is 0.419 e. The largest absolute Gasteiger partial charge is 0.419 e. The van der Waals surface area contributed by atoms with Crippen LogP contribution >= 0.6 is 0 Å². The zero-order chi connectivity index (χ0) is 13.2. The van der Waals surface area contributed by atoms with Gasteiger partial charge in [-0.25, -0.2) is 4.79 Å². The first-order valence-electron chi connectivity index (χ1n) is 6.12. The molecule has 0 spiro atoms. The highest BCUT2D eigenvalue weighted by atomic mass is 16.7. The van der Waals surface area contributed by atoms with Gasteiger partial charge in [-0.15, -0.1) is 0 Å². The molecule has 1 atom stereocenters. The number of nitrogens with one attached hydrogen (secondary N) is 1. The molecule has 2 aromatic rings. The van der Waals surface area contributed by atoms with Crippen LogP contribution in [-0.2, 0) is 16.1 Å². The first-order valence-corrected chi connectivity index (χ1v) is 6.12. The molecule has 1 aromatic heterocycles. The zero-order valence-corrected chi connectivity index (χ0v) is 10.2. The van der Waals surface area contributed by atoms with E-state index < -0.39 is 11.3 Å². The van der Waals surface area contributed by atoms with E-state index in [2.05, 4.69) is 4.98 Å². The number of benzene rings is 1. The number of hydrogen-bond donors (Lipinski definition) is 1. The molecule has 1 aromatic carbocycles. The van der Waals surface area contributed by atoms with Crippen LogP contribution in [0.25, 0.3) is 11.0 Å². The number of H-pyrrole nitrogens is 1. The summed E-state index contributed by atoms with van der Waals surface area (Å²) in [6.45, 7) is 1.09. The van der Waals surface area contributed by atoms with E-state index in [0.29, 0.717) is 12.0 Å². The molecule has 0 aliphatic carbocycles. The van der Waals surface area contributed by atoms with Crippen molar-refractivity contribution < 1.29 is 13.9 Å². The van der Waals surface area contributed by atoms with Crippen LogP contribution in [0, 0.1) is 0 Å². The Kier molecular flexibility index (Phi) is 3.18. The Morgan fingerprint density at radius 2 is 2.26 bits per heavy atom. The third kappa shape index (κ3) is 2.59. The fourth-order valence-electron chi connectivity index (χ4n) is 2.08. The predicted molar refractivity (Wildman–Crippen MR) is 66.9 cm³/mol. The van der Waals surface area contributed by atoms with E-state index in [0.717, 1.165) is 25.0 Å². The molecule has 1 fully saturated rings. The fraction of sp³-hybridized carbons (Fsp3) is 0.385. The van der Waals surface area contributed by atoms with E-state index in [1.54, 1.807) is 18.2 Å². The van der Waals surface area contributed by atoms with Crippen LogP contribution < -0.4 is 11.3 Å². The third-order valence-corrected chi connectivity index (χ3v) is 3.03. The SMILES string of the molecule is O=c1[nH]c(=O)c2ccc(COC3CCCO3)cc2o1. The molecule has 0 saturated carbocycles. The highest BCUT2D eigenvalue weighted by Gasteiger charge is 2.15. The Labute approximate surface area is 108 Å². The second-order valence-electron chi connectivity index (χ2n) is 4.43. The molecule has 1 saturated heterocycles. The van der Waals surface area contributed by atoms with Gasteiger partial charge in [0.2, 0.25) is 0 Å². The molecule has 6 nitrogen and oxygen atoms in total. The van der Waals surface area contributed by atoms with Crippen molar-refractivity contribution in [2.24, 2.45) is 0 Å². The lowest BCUT2D eigenvalue weighted by Gasteiger charge is -2.10. The maximum atomic E-state index is 11.5. The summed E-state index contributed by atoms with van der Waals surface area (Å²) in [5.41, 5.74) is 0.650. The number of aromatic nitrogens is 1. The average molecular weight is 263 g/mol. The highest BCUT2D eigenvalue weighted by Crippen LogP contribution is 2.17. The van der Waals surface area contributed by atoms with Crippen LogP contribution in [0.1, 0.15) is 18.4 Å². The molecular weight excluding hydrogens is 250 g/mol. The van der Waals surface area contributed by atoms with Crippen molar-refractivity contribution >= 4 is 11.0 Å². The molecule has 100 valence electrons. The van der Waals surface area contributed by atoms with Crippen molar-refractivity contribution in [1.29, 1.82) is 0 Å². The molecule has 0 amide bonds. The lowest BCUT2D eigenvalue weighted by molar-refractivity contribution is -0.118. The van der Waals surface area contributed by atoms with E-state index in [-0.39, 0.29) is 11.9 Å². The van der Waals surface area contributed by atoms with Crippen LogP contribution in [-0.4, -0.2) is 17.9 Å². The van der Waals surface area contributed by atoms with E-state index in [4.69, 9.17) is 13.9 Å². The Morgan fingerprint density at radius 1 is 1.37 bits per heavy atom. The summed E-state index contributed by atoms with van der Waals surface area (Å²) < 4.78 is 15.9. The third-order valence-electron chi connectivity index (χ3n) is 3.03. The van der Waals surface area contributed by atoms with Crippen LogP contribution in [0.15, 0.2) is 32.2 Å². The summed E-state index contributed by atoms with van der Waals surface area (Å²) in [5, 5.41) is 0.348. The lowest BCUT2D eigenvalue weighted by Crippen LogP contribution is -2.18. The van der Waals surface area contributed by atoms with Crippen molar-refractivity contribution in [3.63, 3.8) is 0 Å². The van der Waals surface area contributed by atoms with Crippen LogP contribution in [0.3, 0.4) is 0 Å². The molecule has 1 aliphatic heterocycles. The second-order valence-corrected chi connectivity index (χ2v) is 4.43. The summed E-state index contributed by atoms with van der Waals surface area (Å²) >= 11 is 0. The van der Waals surface area contributed by atoms with Gasteiger partial charge in [0.15, 0.2) is 6.29 Å². The Hall–Kier alpha value is -1.92. The van der Waals surface area contributed by atoms with Gasteiger partial charge >= 0.3 is 5.76 Å². The van der Waals surface area contributed by atoms with Gasteiger partial charge in [-0.05, 0) is 24.1 Å². The molecule has 6 heteroatoms. The van der Waals surface area contributed by atoms with E-state index in [1.165, 1.54) is 0 Å². The predicted octanol–water partition coefficient (Wildman–Crippen LogP) is 1.13. The van der Waals surface area contributed by atoms with Gasteiger partial charge in [0.05, 0.1) is 12.0 Å². The highest BCUT2D eigenvalue weighted by molar-refractivity contribution is 5.75. The first kappa shape index (κ1) is 12.1. The fourth-order valence-corrected chi connectivity index (χ4v) is 2.08. The van der Waals surface area contributed by atoms with Gasteiger partial charge in [0, 0.05) is 13.0 Å². The average Bonchev–Trinajstić information content (AvgIpc) is 2.88. The molecule has 0 radical (unpaired) electrons. The van der Waals surface area contributed by atoms with E-state index in [9.17, 15) is 9.59 Å². The molecule has 3 rings (SSSR count). The van der Waals surface area contributed by atoms with Crippen molar-refractivity contribution in [2.75, 3.05) is 6.61 Å². The van der Waals surface area contributed by atoms with E-state index in [1.807, 2.05) is 0 Å². The minimum Gasteiger partial charge on any atom is -0.409 e. The number of aromatic amines is 1. The van der Waals surface area contributed by atoms with Gasteiger partial charge in [0.25, 0.3) is 5.56 Å². The standard InChI is InChI=1S/C13H13NO5/c15-12-9-4-3-8(6-10(9)19-13(16)14-12)7-18-11-2-1-5-17-11/h3-4,6,11H,1-2,5,7H2,(H,14,15,16). The topological polar surface area (TPSA) is 81.5 Å². The van der Waals surface area contributed by atoms with Gasteiger partial charge in [0.1, 0.15) is 5.58 Å². The van der Waals surface area contributed by atoms with Gasteiger partial charge in [-0.3, -0.25) is 9.78 Å². The number of fused-ring (bicyclic) bond motifs is 1. The summed E-state index contributed by atoms with van der Waals surface area (Å²) in [4.78, 5) is 24.7. The van der Waals surface area contributed by atoms with Crippen LogP contribution in [0.2, 0.25) is 0 Å². The quantitative estimate of drug-likeness (QED) is 0.897. The molecule has 2 heterocycles. The van der Waals surface area contributed by atoms with Crippen molar-refractivity contribution in [3.8, 4) is 0 Å². The number of hydrogen-bond acceptors (Lipinski definition) is 5. The maximum absolute atomic E-state index is 11.5. The molecule has 0 bridgehead atoms. The van der Waals surface area contributed by atoms with E-state index >= 15 is 0 Å². The smallest absolute Gasteiger partial charge is 0.409 e. The Bertz CT molecular complexity index is 696. The van der Waals surface area contributed by atoms with Crippen molar-refractivity contribution in [2.45, 2.75) is 25.7 Å². The zero-order valence-electron chi connectivity index (χ0n) is 10.2. The molecular formula is C13H13NO5. The molecule has 1 unspecified atom stereocenters. The molecule has 1 aliphatic rings. The molecule has 1 N–H and O–H groups in total. The van der Waals surface area contributed by atoms with Crippen molar-refractivity contribution in [3.05, 3.63) is 44.7 Å². The minimum atomic E-state index is -0.755. The van der Waals surface area contributed by atoms with Gasteiger partial charge in [-0.1, -0.05) is 6.07 Å². The van der Waals surface area contributed by atoms with Gasteiger partial charge < -0.3 is 13.9 Å². The van der Waals surface area contributed by atoms with Crippen LogP contribution in [0.5, 0.6) is 0 Å². The monoisotopic (exact) mass is 263 g/mol. The number of ether oxygens (including phenoxy) is 2. The van der Waals surface area contributed by atoms with Crippen LogP contribution in [0.4, 0.5) is 0 Å². The minimum absolute atomic E-state index is 0.165. The molecule has 19 heavy (non-hydrogen) atoms. The summed E-state index contributed by atoms with van der Waals surface area (Å²) in [5.74, 6) is -0.755. The Morgan fingerprint density at radius 3 is 3.05 bits per heavy atom. The summed E-state index contributed by atoms with van der Waals surface area (Å²) in [6, 6.07) is 5.03. The number of rotatable bonds is 3. The first-order chi connectivity index (χ1) is 9.22. The summed E-state index contributed by atoms with van der Waals surface area (Å²) in [6.07, 6.45) is 1.73. The Balaban J connectivity index is 1.84. The second kappa shape index (κ2) is 4.99. The lowest BCUT2D eigenvalue weighted by atomic mass is 10.2. The normalized spacial score (nSPS) is 19.1.